The second-order valence-corrected chi connectivity index (χ2v) is 6.41. The Morgan fingerprint density at radius 1 is 1.14 bits per heavy atom. The lowest BCUT2D eigenvalue weighted by Crippen LogP contribution is -2.37. The van der Waals surface area contributed by atoms with Crippen LogP contribution in [0.15, 0.2) is 53.0 Å². The molecule has 3 rings (SSSR count). The lowest BCUT2D eigenvalue weighted by Gasteiger charge is -2.33. The zero-order valence-electron chi connectivity index (χ0n) is 12.7. The Hall–Kier alpha value is -1.36. The Morgan fingerprint density at radius 2 is 1.86 bits per heavy atom. The monoisotopic (exact) mass is 361 g/mol. The Bertz CT molecular complexity index is 597. The molecular formula is C18H20BrNO2. The van der Waals surface area contributed by atoms with E-state index in [1.54, 1.807) is 7.11 Å². The fraction of sp³-hybridized carbons (Fsp3) is 0.333. The van der Waals surface area contributed by atoms with Crippen molar-refractivity contribution in [2.24, 2.45) is 0 Å². The van der Waals surface area contributed by atoms with Crippen molar-refractivity contribution in [2.75, 3.05) is 26.8 Å². The fourth-order valence-corrected chi connectivity index (χ4v) is 2.98. The highest BCUT2D eigenvalue weighted by Crippen LogP contribution is 2.25. The van der Waals surface area contributed by atoms with Gasteiger partial charge in [0.1, 0.15) is 5.75 Å². The van der Waals surface area contributed by atoms with Gasteiger partial charge in [-0.3, -0.25) is 4.90 Å². The zero-order valence-corrected chi connectivity index (χ0v) is 14.3. The zero-order chi connectivity index (χ0) is 15.4. The molecule has 1 saturated heterocycles. The maximum absolute atomic E-state index is 5.93. The summed E-state index contributed by atoms with van der Waals surface area (Å²) in [6, 6.07) is 16.7. The van der Waals surface area contributed by atoms with Gasteiger partial charge in [0.05, 0.1) is 19.8 Å². The number of rotatable bonds is 4. The molecular weight excluding hydrogens is 342 g/mol. The molecule has 0 aliphatic carbocycles. The molecule has 2 aromatic carbocycles. The highest BCUT2D eigenvalue weighted by molar-refractivity contribution is 9.10. The molecule has 1 fully saturated rings. The van der Waals surface area contributed by atoms with Crippen molar-refractivity contribution < 1.29 is 9.47 Å². The van der Waals surface area contributed by atoms with Gasteiger partial charge >= 0.3 is 0 Å². The molecule has 1 heterocycles. The minimum absolute atomic E-state index is 0.153. The summed E-state index contributed by atoms with van der Waals surface area (Å²) in [5, 5.41) is 0. The first-order valence-electron chi connectivity index (χ1n) is 7.47. The van der Waals surface area contributed by atoms with Crippen molar-refractivity contribution in [3.05, 3.63) is 64.1 Å². The average Bonchev–Trinajstić information content (AvgIpc) is 2.56. The summed E-state index contributed by atoms with van der Waals surface area (Å²) < 4.78 is 12.2. The number of hydrogen-bond acceptors (Lipinski definition) is 3. The van der Waals surface area contributed by atoms with Gasteiger partial charge in [0.2, 0.25) is 0 Å². The third-order valence-electron chi connectivity index (χ3n) is 3.96. The molecule has 0 spiro atoms. The van der Waals surface area contributed by atoms with E-state index in [0.717, 1.165) is 36.5 Å². The molecule has 1 aliphatic rings. The minimum atomic E-state index is 0.153. The Balaban J connectivity index is 1.63. The summed E-state index contributed by atoms with van der Waals surface area (Å²) in [7, 11) is 1.69. The lowest BCUT2D eigenvalue weighted by atomic mass is 10.1. The maximum Gasteiger partial charge on any atom is 0.118 e. The van der Waals surface area contributed by atoms with Gasteiger partial charge in [-0.2, -0.15) is 0 Å². The van der Waals surface area contributed by atoms with Gasteiger partial charge < -0.3 is 9.47 Å². The molecule has 116 valence electrons. The predicted molar refractivity (Wildman–Crippen MR) is 91.1 cm³/mol. The van der Waals surface area contributed by atoms with E-state index in [9.17, 15) is 0 Å². The van der Waals surface area contributed by atoms with Crippen LogP contribution in [0.5, 0.6) is 5.75 Å². The molecule has 0 aromatic heterocycles. The quantitative estimate of drug-likeness (QED) is 0.820. The van der Waals surface area contributed by atoms with Crippen molar-refractivity contribution in [2.45, 2.75) is 12.6 Å². The van der Waals surface area contributed by atoms with E-state index in [0.29, 0.717) is 0 Å². The van der Waals surface area contributed by atoms with Crippen LogP contribution in [0.2, 0.25) is 0 Å². The Morgan fingerprint density at radius 3 is 2.55 bits per heavy atom. The van der Waals surface area contributed by atoms with Crippen molar-refractivity contribution in [1.29, 1.82) is 0 Å². The highest BCUT2D eigenvalue weighted by Gasteiger charge is 2.21. The van der Waals surface area contributed by atoms with Crippen LogP contribution in [0.4, 0.5) is 0 Å². The second kappa shape index (κ2) is 7.27. The Kier molecular flexibility index (Phi) is 5.13. The SMILES string of the molecule is COc1ccc(CN2CCOC(c3ccc(Br)cc3)C2)cc1. The number of nitrogens with zero attached hydrogens (tertiary/aromatic N) is 1. The number of hydrogen-bond donors (Lipinski definition) is 0. The van der Waals surface area contributed by atoms with Crippen LogP contribution in [-0.4, -0.2) is 31.7 Å². The van der Waals surface area contributed by atoms with Gasteiger partial charge in [0.15, 0.2) is 0 Å². The smallest absolute Gasteiger partial charge is 0.118 e. The van der Waals surface area contributed by atoms with E-state index in [1.807, 2.05) is 12.1 Å². The normalized spacial score (nSPS) is 19.1. The maximum atomic E-state index is 5.93. The molecule has 22 heavy (non-hydrogen) atoms. The van der Waals surface area contributed by atoms with E-state index in [1.165, 1.54) is 11.1 Å². The summed E-state index contributed by atoms with van der Waals surface area (Å²) in [6.07, 6.45) is 0.153. The van der Waals surface area contributed by atoms with Crippen molar-refractivity contribution in [3.63, 3.8) is 0 Å². The third kappa shape index (κ3) is 3.88. The summed E-state index contributed by atoms with van der Waals surface area (Å²) in [5.41, 5.74) is 2.54. The number of methoxy groups -OCH3 is 1. The number of morpholine rings is 1. The van der Waals surface area contributed by atoms with E-state index in [-0.39, 0.29) is 6.10 Å². The largest absolute Gasteiger partial charge is 0.497 e. The fourth-order valence-electron chi connectivity index (χ4n) is 2.71. The number of benzene rings is 2. The molecule has 3 nitrogen and oxygen atoms in total. The van der Waals surface area contributed by atoms with Crippen LogP contribution >= 0.6 is 15.9 Å². The molecule has 0 radical (unpaired) electrons. The van der Waals surface area contributed by atoms with Crippen LogP contribution in [0, 0.1) is 0 Å². The van der Waals surface area contributed by atoms with Gasteiger partial charge in [0.25, 0.3) is 0 Å². The van der Waals surface area contributed by atoms with Gasteiger partial charge in [-0.25, -0.2) is 0 Å². The molecule has 0 bridgehead atoms. The topological polar surface area (TPSA) is 21.7 Å². The van der Waals surface area contributed by atoms with Gasteiger partial charge in [0, 0.05) is 24.1 Å². The lowest BCUT2D eigenvalue weighted by molar-refractivity contribution is -0.0329. The summed E-state index contributed by atoms with van der Waals surface area (Å²) in [4.78, 5) is 2.44. The summed E-state index contributed by atoms with van der Waals surface area (Å²) >= 11 is 3.48. The number of ether oxygens (including phenoxy) is 2. The molecule has 1 aliphatic heterocycles. The van der Waals surface area contributed by atoms with Crippen LogP contribution in [-0.2, 0) is 11.3 Å². The first kappa shape index (κ1) is 15.5. The second-order valence-electron chi connectivity index (χ2n) is 5.49. The molecule has 4 heteroatoms. The van der Waals surface area contributed by atoms with E-state index in [2.05, 4.69) is 57.2 Å². The Labute approximate surface area is 140 Å². The molecule has 1 unspecified atom stereocenters. The van der Waals surface area contributed by atoms with Gasteiger partial charge in [-0.15, -0.1) is 0 Å². The summed E-state index contributed by atoms with van der Waals surface area (Å²) in [6.45, 7) is 3.62. The van der Waals surface area contributed by atoms with Gasteiger partial charge in [-0.1, -0.05) is 40.2 Å². The molecule has 1 atom stereocenters. The van der Waals surface area contributed by atoms with Crippen LogP contribution in [0.1, 0.15) is 17.2 Å². The van der Waals surface area contributed by atoms with Crippen LogP contribution < -0.4 is 4.74 Å². The predicted octanol–water partition coefficient (Wildman–Crippen LogP) is 4.03. The molecule has 2 aromatic rings. The number of halogens is 1. The standard InChI is InChI=1S/C18H20BrNO2/c1-21-17-8-2-14(3-9-17)12-20-10-11-22-18(13-20)15-4-6-16(19)7-5-15/h2-9,18H,10-13H2,1H3. The van der Waals surface area contributed by atoms with Crippen molar-refractivity contribution in [3.8, 4) is 5.75 Å². The minimum Gasteiger partial charge on any atom is -0.497 e. The van der Waals surface area contributed by atoms with E-state index >= 15 is 0 Å². The van der Waals surface area contributed by atoms with E-state index < -0.39 is 0 Å². The van der Waals surface area contributed by atoms with Crippen molar-refractivity contribution in [1.82, 2.24) is 4.90 Å². The van der Waals surface area contributed by atoms with Gasteiger partial charge in [-0.05, 0) is 35.4 Å². The van der Waals surface area contributed by atoms with Crippen LogP contribution in [0.3, 0.4) is 0 Å². The summed E-state index contributed by atoms with van der Waals surface area (Å²) in [5.74, 6) is 0.901. The molecule has 0 saturated carbocycles. The first-order valence-corrected chi connectivity index (χ1v) is 8.26. The average molecular weight is 362 g/mol. The molecule has 0 N–H and O–H groups in total. The molecule has 0 amide bonds. The third-order valence-corrected chi connectivity index (χ3v) is 4.49. The van der Waals surface area contributed by atoms with E-state index in [4.69, 9.17) is 9.47 Å². The highest BCUT2D eigenvalue weighted by atomic mass is 79.9. The van der Waals surface area contributed by atoms with Crippen molar-refractivity contribution >= 4 is 15.9 Å². The first-order chi connectivity index (χ1) is 10.7. The van der Waals surface area contributed by atoms with Crippen LogP contribution in [0.25, 0.3) is 0 Å².